The van der Waals surface area contributed by atoms with Crippen LogP contribution in [0.25, 0.3) is 22.1 Å². The zero-order chi connectivity index (χ0) is 24.5. The Morgan fingerprint density at radius 2 is 1.69 bits per heavy atom. The van der Waals surface area contributed by atoms with E-state index in [1.807, 2.05) is 43.3 Å². The minimum absolute atomic E-state index is 0.0966. The van der Waals surface area contributed by atoms with Gasteiger partial charge in [-0.25, -0.2) is 0 Å². The monoisotopic (exact) mass is 473 g/mol. The fourth-order valence-electron chi connectivity index (χ4n) is 4.62. The van der Waals surface area contributed by atoms with E-state index in [0.717, 1.165) is 22.6 Å². The zero-order valence-corrected chi connectivity index (χ0v) is 20.2. The number of hydrogen-bond donors (Lipinski definition) is 0. The molecule has 180 valence electrons. The van der Waals surface area contributed by atoms with Gasteiger partial charge in [-0.1, -0.05) is 24.3 Å². The van der Waals surface area contributed by atoms with E-state index >= 15 is 0 Å². The lowest BCUT2D eigenvalue weighted by Crippen LogP contribution is -2.32. The van der Waals surface area contributed by atoms with Gasteiger partial charge in [0, 0.05) is 18.7 Å². The summed E-state index contributed by atoms with van der Waals surface area (Å²) in [5.41, 5.74) is 3.60. The lowest BCUT2D eigenvalue weighted by atomic mass is 10.00. The third kappa shape index (κ3) is 4.08. The summed E-state index contributed by atoms with van der Waals surface area (Å²) in [5.74, 6) is 3.24. The van der Waals surface area contributed by atoms with Crippen molar-refractivity contribution in [3.05, 3.63) is 81.7 Å². The van der Waals surface area contributed by atoms with E-state index in [9.17, 15) is 4.79 Å². The van der Waals surface area contributed by atoms with Crippen molar-refractivity contribution >= 4 is 11.0 Å². The van der Waals surface area contributed by atoms with Crippen LogP contribution in [-0.4, -0.2) is 33.0 Å². The first kappa shape index (κ1) is 22.8. The van der Waals surface area contributed by atoms with E-state index in [4.69, 9.17) is 23.4 Å². The van der Waals surface area contributed by atoms with Crippen LogP contribution < -0.4 is 24.4 Å². The number of para-hydroxylation sites is 1. The van der Waals surface area contributed by atoms with Crippen molar-refractivity contribution in [3.63, 3.8) is 0 Å². The Balaban J connectivity index is 1.55. The molecule has 3 aromatic carbocycles. The van der Waals surface area contributed by atoms with Crippen molar-refractivity contribution in [3.8, 4) is 34.1 Å². The topological polar surface area (TPSA) is 70.4 Å². The van der Waals surface area contributed by atoms with Crippen LogP contribution in [0, 0.1) is 6.92 Å². The van der Waals surface area contributed by atoms with Crippen LogP contribution in [0.3, 0.4) is 0 Å². The van der Waals surface area contributed by atoms with Crippen molar-refractivity contribution in [1.29, 1.82) is 0 Å². The largest absolute Gasteiger partial charge is 0.496 e. The number of ether oxygens (including phenoxy) is 4. The molecule has 0 bridgehead atoms. The molecular weight excluding hydrogens is 446 g/mol. The van der Waals surface area contributed by atoms with Crippen molar-refractivity contribution in [2.75, 3.05) is 28.1 Å². The van der Waals surface area contributed by atoms with E-state index in [1.165, 1.54) is 0 Å². The number of aryl methyl sites for hydroxylation is 1. The lowest BCUT2D eigenvalue weighted by molar-refractivity contribution is 0.0882. The molecule has 0 atom stereocenters. The molecule has 1 aliphatic rings. The minimum Gasteiger partial charge on any atom is -0.496 e. The van der Waals surface area contributed by atoms with E-state index in [-0.39, 0.29) is 5.43 Å². The molecular formula is C28H27NO6. The van der Waals surface area contributed by atoms with Crippen LogP contribution in [0.1, 0.15) is 16.9 Å². The van der Waals surface area contributed by atoms with Crippen LogP contribution >= 0.6 is 0 Å². The molecule has 0 N–H and O–H groups in total. The molecule has 0 saturated carbocycles. The van der Waals surface area contributed by atoms with Gasteiger partial charge >= 0.3 is 0 Å². The van der Waals surface area contributed by atoms with Crippen LogP contribution in [0.5, 0.6) is 23.0 Å². The molecule has 0 aliphatic carbocycles. The van der Waals surface area contributed by atoms with Gasteiger partial charge in [-0.3, -0.25) is 9.69 Å². The highest BCUT2D eigenvalue weighted by molar-refractivity contribution is 5.87. The maximum atomic E-state index is 13.6. The Hall–Kier alpha value is -3.97. The van der Waals surface area contributed by atoms with Gasteiger partial charge < -0.3 is 23.4 Å². The Kier molecular flexibility index (Phi) is 6.09. The average Bonchev–Trinajstić information content (AvgIpc) is 2.88. The number of fused-ring (bicyclic) bond motifs is 3. The molecule has 5 rings (SSSR count). The Morgan fingerprint density at radius 3 is 2.46 bits per heavy atom. The summed E-state index contributed by atoms with van der Waals surface area (Å²) in [6.45, 7) is 3.47. The van der Waals surface area contributed by atoms with E-state index in [1.54, 1.807) is 39.5 Å². The van der Waals surface area contributed by atoms with Crippen LogP contribution in [0.4, 0.5) is 0 Å². The lowest BCUT2D eigenvalue weighted by Gasteiger charge is -2.29. The molecule has 1 aromatic heterocycles. The number of nitrogens with zero attached hydrogens (tertiary/aromatic N) is 1. The highest BCUT2D eigenvalue weighted by atomic mass is 16.5. The summed E-state index contributed by atoms with van der Waals surface area (Å²) >= 11 is 0. The molecule has 2 heterocycles. The molecule has 7 nitrogen and oxygen atoms in total. The maximum absolute atomic E-state index is 13.6. The van der Waals surface area contributed by atoms with Crippen molar-refractivity contribution < 1.29 is 23.4 Å². The van der Waals surface area contributed by atoms with Gasteiger partial charge in [0.25, 0.3) is 0 Å². The zero-order valence-electron chi connectivity index (χ0n) is 20.2. The Labute approximate surface area is 203 Å². The quantitative estimate of drug-likeness (QED) is 0.384. The van der Waals surface area contributed by atoms with Crippen molar-refractivity contribution in [2.45, 2.75) is 20.0 Å². The smallest absolute Gasteiger partial charge is 0.200 e. The van der Waals surface area contributed by atoms with Crippen LogP contribution in [0.15, 0.2) is 63.8 Å². The molecule has 0 unspecified atom stereocenters. The fourth-order valence-corrected chi connectivity index (χ4v) is 4.62. The van der Waals surface area contributed by atoms with Crippen molar-refractivity contribution in [2.24, 2.45) is 0 Å². The number of hydrogen-bond acceptors (Lipinski definition) is 7. The number of methoxy groups -OCH3 is 3. The first-order valence-electron chi connectivity index (χ1n) is 11.3. The highest BCUT2D eigenvalue weighted by Crippen LogP contribution is 2.36. The predicted molar refractivity (Wildman–Crippen MR) is 133 cm³/mol. The maximum Gasteiger partial charge on any atom is 0.200 e. The second-order valence-electron chi connectivity index (χ2n) is 8.42. The van der Waals surface area contributed by atoms with E-state index < -0.39 is 0 Å². The number of benzene rings is 3. The Bertz CT molecular complexity index is 1460. The molecule has 0 saturated heterocycles. The molecule has 35 heavy (non-hydrogen) atoms. The Morgan fingerprint density at radius 1 is 0.914 bits per heavy atom. The summed E-state index contributed by atoms with van der Waals surface area (Å²) in [6, 6.07) is 17.0. The van der Waals surface area contributed by atoms with Gasteiger partial charge in [-0.15, -0.1) is 0 Å². The second-order valence-corrected chi connectivity index (χ2v) is 8.42. The molecule has 0 spiro atoms. The first-order valence-corrected chi connectivity index (χ1v) is 11.3. The molecule has 0 amide bonds. The van der Waals surface area contributed by atoms with Gasteiger partial charge in [-0.2, -0.15) is 0 Å². The van der Waals surface area contributed by atoms with E-state index in [2.05, 4.69) is 4.90 Å². The van der Waals surface area contributed by atoms with E-state index in [0.29, 0.717) is 59.2 Å². The third-order valence-electron chi connectivity index (χ3n) is 6.34. The average molecular weight is 474 g/mol. The first-order chi connectivity index (χ1) is 17.0. The summed E-state index contributed by atoms with van der Waals surface area (Å²) in [5, 5.41) is 0.516. The molecule has 7 heteroatoms. The third-order valence-corrected chi connectivity index (χ3v) is 6.34. The van der Waals surface area contributed by atoms with Crippen LogP contribution in [0.2, 0.25) is 0 Å². The number of rotatable bonds is 6. The minimum atomic E-state index is -0.0966. The molecule has 0 fully saturated rings. The summed E-state index contributed by atoms with van der Waals surface area (Å²) < 4.78 is 28.6. The molecule has 4 aromatic rings. The van der Waals surface area contributed by atoms with Gasteiger partial charge in [0.2, 0.25) is 5.43 Å². The molecule has 0 radical (unpaired) electrons. The van der Waals surface area contributed by atoms with Crippen molar-refractivity contribution in [1.82, 2.24) is 4.90 Å². The highest BCUT2D eigenvalue weighted by Gasteiger charge is 2.25. The van der Waals surface area contributed by atoms with Gasteiger partial charge in [0.1, 0.15) is 29.6 Å². The summed E-state index contributed by atoms with van der Waals surface area (Å²) in [4.78, 5) is 15.8. The second kappa shape index (κ2) is 9.35. The SMILES string of the molecule is COc1ccccc1CN1COc2ccc3c(=O)c(-c4ccc(OC)c(OC)c4)c(C)oc3c2C1. The fraction of sp³-hybridized carbons (Fsp3) is 0.250. The van der Waals surface area contributed by atoms with Gasteiger partial charge in [-0.05, 0) is 42.8 Å². The molecule has 1 aliphatic heterocycles. The normalized spacial score (nSPS) is 13.3. The van der Waals surface area contributed by atoms with Gasteiger partial charge in [0.15, 0.2) is 11.5 Å². The predicted octanol–water partition coefficient (Wildman–Crippen LogP) is 5.15. The summed E-state index contributed by atoms with van der Waals surface area (Å²) in [6.07, 6.45) is 0. The standard InChI is InChI=1S/C28H27NO6/c1-17-26(18-9-11-24(32-3)25(13-18)33-4)27(30)20-10-12-23-21(28(20)35-17)15-29(16-34-23)14-19-7-5-6-8-22(19)31-2/h5-13H,14-16H2,1-4H3. The van der Waals surface area contributed by atoms with Crippen LogP contribution in [-0.2, 0) is 13.1 Å². The summed E-state index contributed by atoms with van der Waals surface area (Å²) in [7, 11) is 4.82. The van der Waals surface area contributed by atoms with Gasteiger partial charge in [0.05, 0.1) is 37.8 Å².